The van der Waals surface area contributed by atoms with Gasteiger partial charge in [-0.05, 0) is 67.4 Å². The zero-order valence-electron chi connectivity index (χ0n) is 16.8. The number of oxazole rings is 1. The summed E-state index contributed by atoms with van der Waals surface area (Å²) in [5.41, 5.74) is 5.64. The van der Waals surface area contributed by atoms with Crippen molar-refractivity contribution in [2.45, 2.75) is 18.9 Å². The maximum atomic E-state index is 6.13. The van der Waals surface area contributed by atoms with E-state index in [1.165, 1.54) is 0 Å². The Bertz CT molecular complexity index is 1350. The van der Waals surface area contributed by atoms with E-state index in [2.05, 4.69) is 27.8 Å². The van der Waals surface area contributed by atoms with Crippen LogP contribution in [0.4, 0.5) is 0 Å². The van der Waals surface area contributed by atoms with Gasteiger partial charge in [0.2, 0.25) is 5.89 Å². The summed E-state index contributed by atoms with van der Waals surface area (Å²) in [6.45, 7) is 1.54. The highest BCUT2D eigenvalue weighted by Crippen LogP contribution is 2.35. The SMILES string of the molecule is Clc1ccc(-c2nc3cc(-c4nc5ccccc5o4)ccc3n2C2CCOCC2)cc1. The minimum Gasteiger partial charge on any atom is -0.436 e. The first-order chi connectivity index (χ1) is 15.3. The third kappa shape index (κ3) is 3.30. The number of para-hydroxylation sites is 2. The number of halogens is 1. The molecular formula is C25H20ClN3O2. The average Bonchev–Trinajstić information content (AvgIpc) is 3.41. The van der Waals surface area contributed by atoms with Crippen molar-refractivity contribution in [1.82, 2.24) is 14.5 Å². The molecule has 0 spiro atoms. The van der Waals surface area contributed by atoms with Gasteiger partial charge in [-0.3, -0.25) is 0 Å². The highest BCUT2D eigenvalue weighted by Gasteiger charge is 2.23. The van der Waals surface area contributed by atoms with Crippen molar-refractivity contribution in [2.75, 3.05) is 13.2 Å². The maximum Gasteiger partial charge on any atom is 0.227 e. The van der Waals surface area contributed by atoms with Crippen molar-refractivity contribution in [2.24, 2.45) is 0 Å². The number of imidazole rings is 1. The standard InChI is InChI=1S/C25H20ClN3O2/c26-18-8-5-16(6-9-18)24-27-21-15-17(25-28-20-3-1-2-4-23(20)31-25)7-10-22(21)29(24)19-11-13-30-14-12-19/h1-10,15,19H,11-14H2. The van der Waals surface area contributed by atoms with Crippen LogP contribution in [0.15, 0.2) is 71.1 Å². The Balaban J connectivity index is 1.51. The Kier molecular flexibility index (Phi) is 4.51. The number of rotatable bonds is 3. The van der Waals surface area contributed by atoms with Crippen molar-refractivity contribution in [1.29, 1.82) is 0 Å². The van der Waals surface area contributed by atoms with Crippen molar-refractivity contribution >= 4 is 33.7 Å². The van der Waals surface area contributed by atoms with Gasteiger partial charge in [-0.25, -0.2) is 9.97 Å². The van der Waals surface area contributed by atoms with E-state index < -0.39 is 0 Å². The minimum absolute atomic E-state index is 0.347. The van der Waals surface area contributed by atoms with E-state index in [-0.39, 0.29) is 0 Å². The van der Waals surface area contributed by atoms with Crippen LogP contribution in [0.1, 0.15) is 18.9 Å². The lowest BCUT2D eigenvalue weighted by atomic mass is 10.1. The maximum absolute atomic E-state index is 6.13. The molecule has 0 unspecified atom stereocenters. The zero-order chi connectivity index (χ0) is 20.8. The number of ether oxygens (including phenoxy) is 1. The van der Waals surface area contributed by atoms with E-state index in [1.807, 2.05) is 48.5 Å². The van der Waals surface area contributed by atoms with Gasteiger partial charge < -0.3 is 13.7 Å². The number of aromatic nitrogens is 3. The molecule has 0 N–H and O–H groups in total. The van der Waals surface area contributed by atoms with Crippen LogP contribution in [0.5, 0.6) is 0 Å². The smallest absolute Gasteiger partial charge is 0.227 e. The lowest BCUT2D eigenvalue weighted by molar-refractivity contribution is 0.0710. The Morgan fingerprint density at radius 2 is 1.61 bits per heavy atom. The molecule has 0 radical (unpaired) electrons. The molecule has 3 heterocycles. The van der Waals surface area contributed by atoms with E-state index in [4.69, 9.17) is 25.7 Å². The summed E-state index contributed by atoms with van der Waals surface area (Å²) in [6.07, 6.45) is 1.94. The molecule has 3 aromatic carbocycles. The van der Waals surface area contributed by atoms with Crippen LogP contribution in [-0.4, -0.2) is 27.7 Å². The van der Waals surface area contributed by atoms with Gasteiger partial charge in [-0.2, -0.15) is 0 Å². The molecule has 0 bridgehead atoms. The second-order valence-electron chi connectivity index (χ2n) is 7.85. The Morgan fingerprint density at radius 3 is 2.42 bits per heavy atom. The number of hydrogen-bond donors (Lipinski definition) is 0. The van der Waals surface area contributed by atoms with E-state index in [9.17, 15) is 0 Å². The van der Waals surface area contributed by atoms with E-state index in [1.54, 1.807) is 0 Å². The van der Waals surface area contributed by atoms with Crippen LogP contribution < -0.4 is 0 Å². The van der Waals surface area contributed by atoms with Crippen LogP contribution in [0.2, 0.25) is 5.02 Å². The summed E-state index contributed by atoms with van der Waals surface area (Å²) in [5, 5.41) is 0.718. The summed E-state index contributed by atoms with van der Waals surface area (Å²) in [5.74, 6) is 1.56. The fraction of sp³-hybridized carbons (Fsp3) is 0.200. The molecule has 0 saturated carbocycles. The lowest BCUT2D eigenvalue weighted by Crippen LogP contribution is -2.20. The van der Waals surface area contributed by atoms with Gasteiger partial charge in [0.15, 0.2) is 5.58 Å². The van der Waals surface area contributed by atoms with Crippen molar-refractivity contribution in [3.05, 3.63) is 71.8 Å². The summed E-state index contributed by atoms with van der Waals surface area (Å²) >= 11 is 6.13. The molecule has 0 atom stereocenters. The molecule has 1 fully saturated rings. The van der Waals surface area contributed by atoms with Gasteiger partial charge in [0.05, 0.1) is 11.0 Å². The van der Waals surface area contributed by atoms with Crippen LogP contribution in [-0.2, 0) is 4.74 Å². The van der Waals surface area contributed by atoms with Gasteiger partial charge in [0.1, 0.15) is 11.3 Å². The summed E-state index contributed by atoms with van der Waals surface area (Å²) in [4.78, 5) is 9.68. The van der Waals surface area contributed by atoms with Crippen LogP contribution in [0, 0.1) is 0 Å². The van der Waals surface area contributed by atoms with Gasteiger partial charge >= 0.3 is 0 Å². The third-order valence-corrected chi connectivity index (χ3v) is 6.14. The lowest BCUT2D eigenvalue weighted by Gasteiger charge is -2.26. The first kappa shape index (κ1) is 18.6. The molecule has 5 nitrogen and oxygen atoms in total. The first-order valence-corrected chi connectivity index (χ1v) is 10.9. The summed E-state index contributed by atoms with van der Waals surface area (Å²) in [7, 11) is 0. The second kappa shape index (κ2) is 7.52. The molecule has 6 rings (SSSR count). The number of hydrogen-bond acceptors (Lipinski definition) is 4. The fourth-order valence-electron chi connectivity index (χ4n) is 4.34. The van der Waals surface area contributed by atoms with Crippen LogP contribution in [0.3, 0.4) is 0 Å². The molecule has 2 aromatic heterocycles. The van der Waals surface area contributed by atoms with Gasteiger partial charge in [-0.15, -0.1) is 0 Å². The fourth-order valence-corrected chi connectivity index (χ4v) is 4.47. The zero-order valence-corrected chi connectivity index (χ0v) is 17.5. The quantitative estimate of drug-likeness (QED) is 0.327. The van der Waals surface area contributed by atoms with Crippen molar-refractivity contribution in [3.8, 4) is 22.8 Å². The van der Waals surface area contributed by atoms with Gasteiger partial charge in [0.25, 0.3) is 0 Å². The van der Waals surface area contributed by atoms with Gasteiger partial charge in [0, 0.05) is 35.4 Å². The van der Waals surface area contributed by atoms with Crippen molar-refractivity contribution in [3.63, 3.8) is 0 Å². The highest BCUT2D eigenvalue weighted by atomic mass is 35.5. The monoisotopic (exact) mass is 429 g/mol. The third-order valence-electron chi connectivity index (χ3n) is 5.89. The molecular weight excluding hydrogens is 410 g/mol. The van der Waals surface area contributed by atoms with E-state index >= 15 is 0 Å². The summed E-state index contributed by atoms with van der Waals surface area (Å²) in [6, 6.07) is 22.3. The minimum atomic E-state index is 0.347. The largest absolute Gasteiger partial charge is 0.436 e. The predicted octanol–water partition coefficient (Wildman–Crippen LogP) is 6.52. The predicted molar refractivity (Wildman–Crippen MR) is 122 cm³/mol. The van der Waals surface area contributed by atoms with Crippen molar-refractivity contribution < 1.29 is 9.15 Å². The Morgan fingerprint density at radius 1 is 0.839 bits per heavy atom. The van der Waals surface area contributed by atoms with Crippen LogP contribution >= 0.6 is 11.6 Å². The average molecular weight is 430 g/mol. The number of nitrogens with zero attached hydrogens (tertiary/aromatic N) is 3. The molecule has 154 valence electrons. The molecule has 1 saturated heterocycles. The highest BCUT2D eigenvalue weighted by molar-refractivity contribution is 6.30. The van der Waals surface area contributed by atoms with E-state index in [0.717, 1.165) is 70.2 Å². The second-order valence-corrected chi connectivity index (χ2v) is 8.28. The number of benzene rings is 3. The normalized spacial score (nSPS) is 15.1. The topological polar surface area (TPSA) is 53.1 Å². The molecule has 0 amide bonds. The van der Waals surface area contributed by atoms with Gasteiger partial charge in [-0.1, -0.05) is 23.7 Å². The Hall–Kier alpha value is -3.15. The van der Waals surface area contributed by atoms with Crippen LogP contribution in [0.25, 0.3) is 45.0 Å². The molecule has 1 aliphatic rings. The Labute approximate surface area is 184 Å². The molecule has 0 aliphatic carbocycles. The molecule has 31 heavy (non-hydrogen) atoms. The number of fused-ring (bicyclic) bond motifs is 2. The molecule has 5 aromatic rings. The molecule has 6 heteroatoms. The summed E-state index contributed by atoms with van der Waals surface area (Å²) < 4.78 is 13.9. The first-order valence-electron chi connectivity index (χ1n) is 10.5. The molecule has 1 aliphatic heterocycles. The van der Waals surface area contributed by atoms with E-state index in [0.29, 0.717) is 11.9 Å².